The summed E-state index contributed by atoms with van der Waals surface area (Å²) in [5.41, 5.74) is 0.467. The first-order valence-corrected chi connectivity index (χ1v) is 16.2. The summed E-state index contributed by atoms with van der Waals surface area (Å²) in [4.78, 5) is 24.9. The summed E-state index contributed by atoms with van der Waals surface area (Å²) in [6.45, 7) is 9.30. The number of fused-ring (bicyclic) bond motifs is 5. The Hall–Kier alpha value is -1.10. The van der Waals surface area contributed by atoms with E-state index in [4.69, 9.17) is 9.47 Å². The van der Waals surface area contributed by atoms with Crippen LogP contribution in [-0.2, 0) is 19.1 Å². The fourth-order valence-electron chi connectivity index (χ4n) is 10.8. The molecule has 0 aromatic heterocycles. The molecule has 5 saturated carbocycles. The molecule has 0 spiro atoms. The monoisotopic (exact) mass is 530 g/mol. The molecule has 216 valence electrons. The van der Waals surface area contributed by atoms with E-state index >= 15 is 0 Å². The van der Waals surface area contributed by atoms with Crippen LogP contribution < -0.4 is 0 Å². The summed E-state index contributed by atoms with van der Waals surface area (Å²) in [6.07, 6.45) is 17.2. The van der Waals surface area contributed by atoms with Gasteiger partial charge in [0.05, 0.1) is 6.10 Å². The van der Waals surface area contributed by atoms with E-state index in [1.54, 1.807) is 0 Å². The number of aliphatic hydroxyl groups excluding tert-OH is 1. The summed E-state index contributed by atoms with van der Waals surface area (Å²) >= 11 is 0. The van der Waals surface area contributed by atoms with Crippen LogP contribution in [0.5, 0.6) is 0 Å². The molecule has 0 bridgehead atoms. The van der Waals surface area contributed by atoms with E-state index in [2.05, 4.69) is 27.7 Å². The zero-order chi connectivity index (χ0) is 27.1. The lowest BCUT2D eigenvalue weighted by Gasteiger charge is -2.61. The zero-order valence-electron chi connectivity index (χ0n) is 24.6. The number of hydrogen-bond donors (Lipinski definition) is 1. The van der Waals surface area contributed by atoms with Crippen molar-refractivity contribution < 1.29 is 24.2 Å². The molecule has 38 heavy (non-hydrogen) atoms. The maximum atomic E-state index is 12.5. The molecule has 9 unspecified atom stereocenters. The number of esters is 2. The lowest BCUT2D eigenvalue weighted by atomic mass is 9.44. The molecule has 5 aliphatic rings. The molecule has 0 saturated heterocycles. The largest absolute Gasteiger partial charge is 0.457 e. The number of hydrogen-bond acceptors (Lipinski definition) is 5. The fraction of sp³-hybridized carbons (Fsp3) is 0.939. The molecule has 9 atom stereocenters. The quantitative estimate of drug-likeness (QED) is 0.335. The highest BCUT2D eigenvalue weighted by molar-refractivity contribution is 5.76. The Kier molecular flexibility index (Phi) is 8.27. The average Bonchev–Trinajstić information content (AvgIpc) is 3.51. The van der Waals surface area contributed by atoms with E-state index in [-0.39, 0.29) is 24.3 Å². The summed E-state index contributed by atoms with van der Waals surface area (Å²) < 4.78 is 11.1. The number of carbonyl (C=O) groups is 2. The second-order valence-electron chi connectivity index (χ2n) is 14.7. The van der Waals surface area contributed by atoms with E-state index < -0.39 is 5.97 Å². The maximum absolute atomic E-state index is 12.5. The van der Waals surface area contributed by atoms with Gasteiger partial charge in [-0.1, -0.05) is 27.7 Å². The van der Waals surface area contributed by atoms with Gasteiger partial charge in [-0.15, -0.1) is 0 Å². The Morgan fingerprint density at radius 1 is 0.895 bits per heavy atom. The molecule has 1 N–H and O–H groups in total. The van der Waals surface area contributed by atoms with E-state index in [1.807, 2.05) is 0 Å². The smallest absolute Gasteiger partial charge is 0.344 e. The van der Waals surface area contributed by atoms with Crippen molar-refractivity contribution in [3.63, 3.8) is 0 Å². The standard InChI is InChI=1S/C33H54O5/c1-5-33(16-6-7-17-33)38-30(36)21-37-29(35)13-8-22(2)26-11-12-27-25-10-9-23-20-24(34)14-18-31(23,3)28(25)15-19-32(26,27)4/h22-28,34H,5-21H2,1-4H3. The topological polar surface area (TPSA) is 72.8 Å². The van der Waals surface area contributed by atoms with Gasteiger partial charge in [-0.3, -0.25) is 4.79 Å². The number of rotatable bonds is 8. The predicted molar refractivity (Wildman–Crippen MR) is 148 cm³/mol. The maximum Gasteiger partial charge on any atom is 0.344 e. The van der Waals surface area contributed by atoms with Crippen LogP contribution in [0.4, 0.5) is 0 Å². The molecular formula is C33H54O5. The van der Waals surface area contributed by atoms with Gasteiger partial charge in [0.15, 0.2) is 6.61 Å². The van der Waals surface area contributed by atoms with Crippen LogP contribution in [0.2, 0.25) is 0 Å². The van der Waals surface area contributed by atoms with E-state index in [9.17, 15) is 14.7 Å². The first-order chi connectivity index (χ1) is 18.1. The molecule has 0 aromatic carbocycles. The number of aliphatic hydroxyl groups is 1. The van der Waals surface area contributed by atoms with Crippen molar-refractivity contribution in [2.75, 3.05) is 6.61 Å². The minimum absolute atomic E-state index is 0.0761. The van der Waals surface area contributed by atoms with Crippen LogP contribution >= 0.6 is 0 Å². The van der Waals surface area contributed by atoms with Crippen molar-refractivity contribution in [1.82, 2.24) is 0 Å². The van der Waals surface area contributed by atoms with Crippen LogP contribution in [-0.4, -0.2) is 35.4 Å². The van der Waals surface area contributed by atoms with Gasteiger partial charge in [0.25, 0.3) is 0 Å². The Balaban J connectivity index is 1.11. The van der Waals surface area contributed by atoms with Gasteiger partial charge in [0.1, 0.15) is 5.60 Å². The van der Waals surface area contributed by atoms with Crippen molar-refractivity contribution in [3.8, 4) is 0 Å². The van der Waals surface area contributed by atoms with Gasteiger partial charge in [-0.05, 0) is 143 Å². The highest BCUT2D eigenvalue weighted by atomic mass is 16.6. The predicted octanol–water partition coefficient (Wildman–Crippen LogP) is 7.23. The van der Waals surface area contributed by atoms with Crippen molar-refractivity contribution in [2.45, 2.75) is 142 Å². The third-order valence-corrected chi connectivity index (χ3v) is 13.0. The fourth-order valence-corrected chi connectivity index (χ4v) is 10.8. The lowest BCUT2D eigenvalue weighted by molar-refractivity contribution is -0.170. The molecule has 5 heteroatoms. The van der Waals surface area contributed by atoms with Crippen molar-refractivity contribution >= 4 is 11.9 Å². The minimum atomic E-state index is -0.394. The van der Waals surface area contributed by atoms with Crippen molar-refractivity contribution in [1.29, 1.82) is 0 Å². The molecule has 0 aliphatic heterocycles. The average molecular weight is 531 g/mol. The van der Waals surface area contributed by atoms with Crippen LogP contribution in [0, 0.1) is 46.3 Å². The van der Waals surface area contributed by atoms with Gasteiger partial charge in [-0.25, -0.2) is 4.79 Å². The van der Waals surface area contributed by atoms with Gasteiger partial charge in [0.2, 0.25) is 0 Å². The highest BCUT2D eigenvalue weighted by Gasteiger charge is 2.60. The normalized spacial score (nSPS) is 42.4. The highest BCUT2D eigenvalue weighted by Crippen LogP contribution is 2.68. The van der Waals surface area contributed by atoms with E-state index in [0.29, 0.717) is 35.0 Å². The van der Waals surface area contributed by atoms with E-state index in [0.717, 1.165) is 69.1 Å². The van der Waals surface area contributed by atoms with Crippen LogP contribution in [0.25, 0.3) is 0 Å². The van der Waals surface area contributed by atoms with Crippen LogP contribution in [0.1, 0.15) is 130 Å². The van der Waals surface area contributed by atoms with Gasteiger partial charge in [0, 0.05) is 6.42 Å². The third kappa shape index (κ3) is 5.19. The van der Waals surface area contributed by atoms with Crippen molar-refractivity contribution in [3.05, 3.63) is 0 Å². The van der Waals surface area contributed by atoms with Crippen LogP contribution in [0.3, 0.4) is 0 Å². The molecule has 0 aromatic rings. The first-order valence-electron chi connectivity index (χ1n) is 16.2. The summed E-state index contributed by atoms with van der Waals surface area (Å²) in [6, 6.07) is 0. The second kappa shape index (κ2) is 11.1. The summed E-state index contributed by atoms with van der Waals surface area (Å²) in [5.74, 6) is 3.67. The van der Waals surface area contributed by atoms with E-state index in [1.165, 1.54) is 44.9 Å². The summed E-state index contributed by atoms with van der Waals surface area (Å²) in [7, 11) is 0. The zero-order valence-corrected chi connectivity index (χ0v) is 24.6. The lowest BCUT2D eigenvalue weighted by Crippen LogP contribution is -2.54. The Morgan fingerprint density at radius 2 is 1.61 bits per heavy atom. The van der Waals surface area contributed by atoms with Gasteiger partial charge >= 0.3 is 11.9 Å². The van der Waals surface area contributed by atoms with Crippen molar-refractivity contribution in [2.24, 2.45) is 46.3 Å². The number of ether oxygens (including phenoxy) is 2. The molecule has 0 radical (unpaired) electrons. The Labute approximate surface area is 231 Å². The van der Waals surface area contributed by atoms with Crippen LogP contribution in [0.15, 0.2) is 0 Å². The third-order valence-electron chi connectivity index (χ3n) is 13.0. The Morgan fingerprint density at radius 3 is 2.34 bits per heavy atom. The molecule has 5 fully saturated rings. The van der Waals surface area contributed by atoms with Gasteiger partial charge < -0.3 is 14.6 Å². The Bertz CT molecular complexity index is 863. The SMILES string of the molecule is CCC1(OC(=O)COC(=O)CCC(C)C2CCC3C4CCC5CC(O)CCC5(C)C4CCC23C)CCCC1. The molecule has 0 heterocycles. The molecular weight excluding hydrogens is 476 g/mol. The minimum Gasteiger partial charge on any atom is -0.457 e. The molecule has 5 nitrogen and oxygen atoms in total. The number of carbonyl (C=O) groups excluding carboxylic acids is 2. The molecule has 0 amide bonds. The first kappa shape index (κ1) is 28.4. The molecule has 5 aliphatic carbocycles. The van der Waals surface area contributed by atoms with Gasteiger partial charge in [-0.2, -0.15) is 0 Å². The molecule has 5 rings (SSSR count). The second-order valence-corrected chi connectivity index (χ2v) is 14.7. The summed E-state index contributed by atoms with van der Waals surface area (Å²) in [5, 5.41) is 10.3.